The van der Waals surface area contributed by atoms with Gasteiger partial charge in [-0.15, -0.1) is 11.3 Å². The van der Waals surface area contributed by atoms with Crippen LogP contribution in [0, 0.1) is 6.92 Å². The molecule has 0 spiro atoms. The Morgan fingerprint density at radius 3 is 2.08 bits per heavy atom. The lowest BCUT2D eigenvalue weighted by Crippen LogP contribution is -2.12. The van der Waals surface area contributed by atoms with Crippen LogP contribution in [0.4, 0.5) is 32.0 Å². The number of carboxylic acids is 2. The van der Waals surface area contributed by atoms with E-state index in [0.717, 1.165) is 11.3 Å². The number of thiophene rings is 1. The number of aromatic carboxylic acids is 1. The van der Waals surface area contributed by atoms with Gasteiger partial charge in [0.2, 0.25) is 0 Å². The highest BCUT2D eigenvalue weighted by Gasteiger charge is 2.37. The number of nitrogens with one attached hydrogen (secondary N) is 1. The van der Waals surface area contributed by atoms with Crippen LogP contribution in [-0.4, -0.2) is 35.9 Å². The Kier molecular flexibility index (Phi) is 8.15. The number of carbonyl (C=O) groups is 2. The number of rotatable bonds is 9. The smallest absolute Gasteiger partial charge is 0.416 e. The molecule has 0 saturated heterocycles. The molecule has 0 unspecified atom stereocenters. The largest absolute Gasteiger partial charge is 0.496 e. The Labute approximate surface area is 215 Å². The molecule has 0 aliphatic carbocycles. The molecule has 0 saturated carbocycles. The van der Waals surface area contributed by atoms with Gasteiger partial charge in [-0.2, -0.15) is 26.3 Å². The van der Waals surface area contributed by atoms with Crippen molar-refractivity contribution in [2.24, 2.45) is 0 Å². The summed E-state index contributed by atoms with van der Waals surface area (Å²) in [5, 5.41) is 21.0. The zero-order valence-corrected chi connectivity index (χ0v) is 20.4. The molecule has 0 fully saturated rings. The average molecular weight is 563 g/mol. The lowest BCUT2D eigenvalue weighted by Gasteiger charge is -2.16. The van der Waals surface area contributed by atoms with E-state index in [1.807, 2.05) is 0 Å². The first-order valence-electron chi connectivity index (χ1n) is 10.5. The van der Waals surface area contributed by atoms with Crippen LogP contribution in [0.5, 0.6) is 11.5 Å². The molecule has 0 aliphatic rings. The monoisotopic (exact) mass is 563 g/mol. The molecule has 204 valence electrons. The Hall–Kier alpha value is -3.94. The van der Waals surface area contributed by atoms with E-state index in [0.29, 0.717) is 33.7 Å². The Morgan fingerprint density at radius 2 is 1.58 bits per heavy atom. The van der Waals surface area contributed by atoms with Crippen molar-refractivity contribution in [2.75, 3.05) is 19.0 Å². The van der Waals surface area contributed by atoms with Crippen molar-refractivity contribution in [1.82, 2.24) is 0 Å². The van der Waals surface area contributed by atoms with Gasteiger partial charge in [0.1, 0.15) is 11.5 Å². The molecule has 0 bridgehead atoms. The zero-order chi connectivity index (χ0) is 28.4. The summed E-state index contributed by atoms with van der Waals surface area (Å²) in [6.07, 6.45) is -10.0. The molecular formula is C24H19F6NO6S. The third-order valence-electron chi connectivity index (χ3n) is 5.24. The average Bonchev–Trinajstić information content (AvgIpc) is 3.16. The normalized spacial score (nSPS) is 11.8. The minimum Gasteiger partial charge on any atom is -0.496 e. The van der Waals surface area contributed by atoms with Crippen molar-refractivity contribution in [1.29, 1.82) is 0 Å². The summed E-state index contributed by atoms with van der Waals surface area (Å²) in [7, 11) is 1.32. The minimum atomic E-state index is -5.01. The minimum absolute atomic E-state index is 0.0238. The summed E-state index contributed by atoms with van der Waals surface area (Å²) in [6.45, 7) is 0.513. The highest BCUT2D eigenvalue weighted by Crippen LogP contribution is 2.43. The predicted octanol–water partition coefficient (Wildman–Crippen LogP) is 6.54. The van der Waals surface area contributed by atoms with Crippen molar-refractivity contribution in [3.8, 4) is 21.9 Å². The summed E-state index contributed by atoms with van der Waals surface area (Å²) in [5.41, 5.74) is -2.25. The number of aliphatic carboxylic acids is 1. The fourth-order valence-electron chi connectivity index (χ4n) is 3.53. The highest BCUT2D eigenvalue weighted by molar-refractivity contribution is 7.18. The number of benzene rings is 2. The second-order valence-electron chi connectivity index (χ2n) is 7.88. The maximum atomic E-state index is 13.2. The first-order valence-corrected chi connectivity index (χ1v) is 11.4. The van der Waals surface area contributed by atoms with Gasteiger partial charge in [-0.25, -0.2) is 9.59 Å². The van der Waals surface area contributed by atoms with Crippen molar-refractivity contribution >= 4 is 29.0 Å². The van der Waals surface area contributed by atoms with Crippen LogP contribution in [0.1, 0.15) is 31.9 Å². The quantitative estimate of drug-likeness (QED) is 0.254. The maximum absolute atomic E-state index is 13.2. The lowest BCUT2D eigenvalue weighted by atomic mass is 10.0. The van der Waals surface area contributed by atoms with E-state index in [1.165, 1.54) is 26.2 Å². The van der Waals surface area contributed by atoms with E-state index in [1.54, 1.807) is 6.07 Å². The molecule has 0 aliphatic heterocycles. The molecule has 3 rings (SSSR count). The van der Waals surface area contributed by atoms with Gasteiger partial charge in [0.15, 0.2) is 11.5 Å². The Bertz CT molecular complexity index is 1330. The number of anilines is 1. The van der Waals surface area contributed by atoms with E-state index in [-0.39, 0.29) is 29.0 Å². The van der Waals surface area contributed by atoms with Crippen LogP contribution in [0.3, 0.4) is 0 Å². The highest BCUT2D eigenvalue weighted by atomic mass is 32.1. The van der Waals surface area contributed by atoms with Crippen molar-refractivity contribution in [3.63, 3.8) is 0 Å². The Morgan fingerprint density at radius 1 is 0.974 bits per heavy atom. The van der Waals surface area contributed by atoms with Gasteiger partial charge in [0.05, 0.1) is 18.2 Å². The molecule has 0 radical (unpaired) electrons. The van der Waals surface area contributed by atoms with E-state index in [2.05, 4.69) is 5.32 Å². The number of ether oxygens (including phenoxy) is 2. The number of methoxy groups -OCH3 is 1. The summed E-state index contributed by atoms with van der Waals surface area (Å²) >= 11 is 0.816. The van der Waals surface area contributed by atoms with E-state index in [9.17, 15) is 41.0 Å². The van der Waals surface area contributed by atoms with Crippen LogP contribution < -0.4 is 14.8 Å². The van der Waals surface area contributed by atoms with E-state index < -0.39 is 47.7 Å². The number of hydrogen-bond acceptors (Lipinski definition) is 6. The molecule has 0 atom stereocenters. The molecule has 0 amide bonds. The number of carboxylic acid groups (broad SMARTS) is 2. The molecular weight excluding hydrogens is 544 g/mol. The molecule has 7 nitrogen and oxygen atoms in total. The summed E-state index contributed by atoms with van der Waals surface area (Å²) < 4.78 is 89.6. The van der Waals surface area contributed by atoms with Crippen molar-refractivity contribution in [3.05, 3.63) is 63.5 Å². The van der Waals surface area contributed by atoms with Crippen LogP contribution in [0.25, 0.3) is 10.4 Å². The van der Waals surface area contributed by atoms with Gasteiger partial charge in [0, 0.05) is 28.2 Å². The second kappa shape index (κ2) is 10.8. The lowest BCUT2D eigenvalue weighted by molar-refractivity contribution is -0.143. The third kappa shape index (κ3) is 6.49. The fraction of sp³-hybridized carbons (Fsp3) is 0.250. The first kappa shape index (κ1) is 28.6. The van der Waals surface area contributed by atoms with Crippen LogP contribution >= 0.6 is 11.3 Å². The van der Waals surface area contributed by atoms with E-state index in [4.69, 9.17) is 14.6 Å². The number of hydrogen-bond donors (Lipinski definition) is 3. The van der Waals surface area contributed by atoms with E-state index >= 15 is 0 Å². The van der Waals surface area contributed by atoms with Gasteiger partial charge >= 0.3 is 24.3 Å². The van der Waals surface area contributed by atoms with Gasteiger partial charge in [-0.3, -0.25) is 0 Å². The molecule has 1 heterocycles. The van der Waals surface area contributed by atoms with Gasteiger partial charge in [0.25, 0.3) is 0 Å². The fourth-order valence-corrected chi connectivity index (χ4v) is 4.62. The predicted molar refractivity (Wildman–Crippen MR) is 125 cm³/mol. The third-order valence-corrected chi connectivity index (χ3v) is 6.55. The number of alkyl halides is 6. The molecule has 3 aromatic rings. The Balaban J connectivity index is 1.99. The zero-order valence-electron chi connectivity index (χ0n) is 19.6. The SMILES string of the molecule is COc1ccc(-c2sc(C(=O)O)c(OCC(=O)O)c2C)cc1CNc1cc(C(F)(F)F)cc(C(F)(F)F)c1. The first-order chi connectivity index (χ1) is 17.6. The van der Waals surface area contributed by atoms with Gasteiger partial charge in [-0.1, -0.05) is 0 Å². The van der Waals surface area contributed by atoms with Crippen LogP contribution in [-0.2, 0) is 23.7 Å². The van der Waals surface area contributed by atoms with Gasteiger partial charge < -0.3 is 25.0 Å². The standard InChI is InChI=1S/C24H19F6NO6S/c1-11-19(37-10-18(32)33)21(22(34)35)38-20(11)12-3-4-17(36-2)13(5-12)9-31-16-7-14(23(25,26)27)6-15(8-16)24(28,29)30/h3-8,31H,9-10H2,1-2H3,(H,32,33)(H,34,35). The molecule has 1 aromatic heterocycles. The number of halogens is 6. The van der Waals surface area contributed by atoms with Gasteiger partial charge in [-0.05, 0) is 48.9 Å². The topological polar surface area (TPSA) is 105 Å². The molecule has 3 N–H and O–H groups in total. The molecule has 38 heavy (non-hydrogen) atoms. The van der Waals surface area contributed by atoms with Crippen LogP contribution in [0.15, 0.2) is 36.4 Å². The second-order valence-corrected chi connectivity index (χ2v) is 8.90. The summed E-state index contributed by atoms with van der Waals surface area (Å²) in [6, 6.07) is 5.72. The molecule has 14 heteroatoms. The molecule has 2 aromatic carbocycles. The maximum Gasteiger partial charge on any atom is 0.416 e. The summed E-state index contributed by atoms with van der Waals surface area (Å²) in [5.74, 6) is -2.52. The summed E-state index contributed by atoms with van der Waals surface area (Å²) in [4.78, 5) is 22.7. The van der Waals surface area contributed by atoms with Crippen molar-refractivity contribution < 1.29 is 55.6 Å². The van der Waals surface area contributed by atoms with Crippen molar-refractivity contribution in [2.45, 2.75) is 25.8 Å². The van der Waals surface area contributed by atoms with Crippen LogP contribution in [0.2, 0.25) is 0 Å².